The first-order valence-electron chi connectivity index (χ1n) is 5.83. The number of hydrogen-bond donors (Lipinski definition) is 2. The maximum Gasteiger partial charge on any atom is 0.337 e. The molecule has 0 radical (unpaired) electrons. The monoisotopic (exact) mass is 316 g/mol. The number of hydrogen-bond acceptors (Lipinski definition) is 3. The SMILES string of the molecule is CCOc1c(CCCBr)cccc1C(O)C(=O)O. The molecule has 0 aliphatic heterocycles. The molecule has 0 aromatic heterocycles. The van der Waals surface area contributed by atoms with Gasteiger partial charge in [0.1, 0.15) is 5.75 Å². The normalized spacial score (nSPS) is 12.2. The Bertz CT molecular complexity index is 406. The van der Waals surface area contributed by atoms with E-state index >= 15 is 0 Å². The van der Waals surface area contributed by atoms with Crippen molar-refractivity contribution in [3.05, 3.63) is 29.3 Å². The summed E-state index contributed by atoms with van der Waals surface area (Å²) in [5.74, 6) is -0.774. The van der Waals surface area contributed by atoms with Gasteiger partial charge in [0, 0.05) is 10.9 Å². The number of rotatable bonds is 7. The second-order valence-corrected chi connectivity index (χ2v) is 4.59. The average molecular weight is 317 g/mol. The lowest BCUT2D eigenvalue weighted by molar-refractivity contribution is -0.147. The van der Waals surface area contributed by atoms with E-state index in [2.05, 4.69) is 15.9 Å². The number of alkyl halides is 1. The van der Waals surface area contributed by atoms with E-state index in [-0.39, 0.29) is 0 Å². The highest BCUT2D eigenvalue weighted by atomic mass is 79.9. The van der Waals surface area contributed by atoms with E-state index in [0.29, 0.717) is 17.9 Å². The highest BCUT2D eigenvalue weighted by molar-refractivity contribution is 9.09. The second kappa shape index (κ2) is 7.38. The molecule has 1 atom stereocenters. The maximum absolute atomic E-state index is 10.9. The van der Waals surface area contributed by atoms with Crippen molar-refractivity contribution in [2.75, 3.05) is 11.9 Å². The van der Waals surface area contributed by atoms with Crippen LogP contribution in [-0.4, -0.2) is 28.1 Å². The molecule has 0 amide bonds. The number of halogens is 1. The number of aliphatic hydroxyl groups is 1. The molecule has 0 aliphatic carbocycles. The molecule has 18 heavy (non-hydrogen) atoms. The van der Waals surface area contributed by atoms with Crippen LogP contribution in [0.1, 0.15) is 30.6 Å². The van der Waals surface area contributed by atoms with Crippen LogP contribution in [0.5, 0.6) is 5.75 Å². The highest BCUT2D eigenvalue weighted by Crippen LogP contribution is 2.30. The Morgan fingerprint density at radius 2 is 2.22 bits per heavy atom. The highest BCUT2D eigenvalue weighted by Gasteiger charge is 2.22. The lowest BCUT2D eigenvalue weighted by Gasteiger charge is -2.16. The zero-order valence-electron chi connectivity index (χ0n) is 10.2. The molecule has 4 nitrogen and oxygen atoms in total. The van der Waals surface area contributed by atoms with Gasteiger partial charge in [-0.2, -0.15) is 0 Å². The van der Waals surface area contributed by atoms with Gasteiger partial charge in [0.25, 0.3) is 0 Å². The Balaban J connectivity index is 3.11. The molecule has 0 bridgehead atoms. The summed E-state index contributed by atoms with van der Waals surface area (Å²) >= 11 is 3.36. The van der Waals surface area contributed by atoms with Crippen LogP contribution in [0.25, 0.3) is 0 Å². The predicted molar refractivity (Wildman–Crippen MR) is 72.3 cm³/mol. The van der Waals surface area contributed by atoms with Crippen LogP contribution in [0.15, 0.2) is 18.2 Å². The first-order chi connectivity index (χ1) is 8.61. The summed E-state index contributed by atoms with van der Waals surface area (Å²) in [6.45, 7) is 2.27. The number of benzene rings is 1. The topological polar surface area (TPSA) is 66.8 Å². The Labute approximate surface area is 115 Å². The summed E-state index contributed by atoms with van der Waals surface area (Å²) in [5.41, 5.74) is 1.24. The van der Waals surface area contributed by atoms with Gasteiger partial charge in [-0.25, -0.2) is 4.79 Å². The van der Waals surface area contributed by atoms with Crippen LogP contribution in [0.2, 0.25) is 0 Å². The van der Waals surface area contributed by atoms with Crippen molar-refractivity contribution in [1.29, 1.82) is 0 Å². The van der Waals surface area contributed by atoms with E-state index in [9.17, 15) is 9.90 Å². The first kappa shape index (κ1) is 15.0. The van der Waals surface area contributed by atoms with E-state index in [4.69, 9.17) is 9.84 Å². The molecular weight excluding hydrogens is 300 g/mol. The predicted octanol–water partition coefficient (Wildman–Crippen LogP) is 2.53. The summed E-state index contributed by atoms with van der Waals surface area (Å²) in [6, 6.07) is 5.22. The molecule has 0 saturated carbocycles. The van der Waals surface area contributed by atoms with Crippen LogP contribution in [0.3, 0.4) is 0 Å². The van der Waals surface area contributed by atoms with Gasteiger partial charge in [-0.15, -0.1) is 0 Å². The molecule has 0 heterocycles. The van der Waals surface area contributed by atoms with Gasteiger partial charge in [0.05, 0.1) is 6.61 Å². The minimum absolute atomic E-state index is 0.316. The summed E-state index contributed by atoms with van der Waals surface area (Å²) in [7, 11) is 0. The summed E-state index contributed by atoms with van der Waals surface area (Å²) in [4.78, 5) is 10.9. The minimum atomic E-state index is -1.55. The van der Waals surface area contributed by atoms with E-state index in [1.807, 2.05) is 13.0 Å². The third-order valence-corrected chi connectivity index (χ3v) is 3.08. The van der Waals surface area contributed by atoms with Gasteiger partial charge < -0.3 is 14.9 Å². The smallest absolute Gasteiger partial charge is 0.337 e. The fraction of sp³-hybridized carbons (Fsp3) is 0.462. The number of aryl methyl sites for hydroxylation is 1. The molecule has 1 rings (SSSR count). The van der Waals surface area contributed by atoms with Gasteiger partial charge in [0.2, 0.25) is 0 Å². The number of carboxylic acids is 1. The third kappa shape index (κ3) is 3.71. The van der Waals surface area contributed by atoms with E-state index in [1.54, 1.807) is 12.1 Å². The quantitative estimate of drug-likeness (QED) is 0.759. The number of ether oxygens (including phenoxy) is 1. The second-order valence-electron chi connectivity index (χ2n) is 3.80. The van der Waals surface area contributed by atoms with Crippen LogP contribution < -0.4 is 4.74 Å². The summed E-state index contributed by atoms with van der Waals surface area (Å²) in [6.07, 6.45) is 0.156. The van der Waals surface area contributed by atoms with Crippen molar-refractivity contribution < 1.29 is 19.7 Å². The molecule has 1 unspecified atom stereocenters. The molecule has 1 aromatic carbocycles. The molecule has 0 fully saturated rings. The zero-order chi connectivity index (χ0) is 13.5. The van der Waals surface area contributed by atoms with Crippen molar-refractivity contribution in [3.8, 4) is 5.75 Å². The number of carboxylic acid groups (broad SMARTS) is 1. The van der Waals surface area contributed by atoms with Crippen LogP contribution in [-0.2, 0) is 11.2 Å². The minimum Gasteiger partial charge on any atom is -0.493 e. The number of aliphatic hydroxyl groups excluding tert-OH is 1. The fourth-order valence-electron chi connectivity index (χ4n) is 1.73. The van der Waals surface area contributed by atoms with Gasteiger partial charge in [0.15, 0.2) is 6.10 Å². The molecule has 0 aliphatic rings. The Kier molecular flexibility index (Phi) is 6.15. The molecule has 5 heteroatoms. The third-order valence-electron chi connectivity index (χ3n) is 2.52. The van der Waals surface area contributed by atoms with Crippen LogP contribution >= 0.6 is 15.9 Å². The maximum atomic E-state index is 10.9. The zero-order valence-corrected chi connectivity index (χ0v) is 11.8. The molecular formula is C13H17BrO4. The Morgan fingerprint density at radius 1 is 1.50 bits per heavy atom. The lowest BCUT2D eigenvalue weighted by atomic mass is 10.0. The number of carbonyl (C=O) groups is 1. The molecule has 2 N–H and O–H groups in total. The summed E-state index contributed by atoms with van der Waals surface area (Å²) in [5, 5.41) is 19.4. The molecule has 1 aromatic rings. The van der Waals surface area contributed by atoms with Crippen molar-refractivity contribution in [2.24, 2.45) is 0 Å². The van der Waals surface area contributed by atoms with Crippen molar-refractivity contribution >= 4 is 21.9 Å². The average Bonchev–Trinajstić information content (AvgIpc) is 2.36. The standard InChI is InChI=1S/C13H17BrO4/c1-2-18-12-9(6-4-8-14)5-3-7-10(12)11(15)13(16)17/h3,5,7,11,15H,2,4,6,8H2,1H3,(H,16,17). The Hall–Kier alpha value is -1.07. The van der Waals surface area contributed by atoms with Crippen LogP contribution in [0.4, 0.5) is 0 Å². The lowest BCUT2D eigenvalue weighted by Crippen LogP contribution is -2.13. The van der Waals surface area contributed by atoms with Gasteiger partial charge in [-0.05, 0) is 25.3 Å². The number of para-hydroxylation sites is 1. The summed E-state index contributed by atoms with van der Waals surface area (Å²) < 4.78 is 5.50. The number of aliphatic carboxylic acids is 1. The Morgan fingerprint density at radius 3 is 2.78 bits per heavy atom. The van der Waals surface area contributed by atoms with Crippen LogP contribution in [0, 0.1) is 0 Å². The van der Waals surface area contributed by atoms with E-state index < -0.39 is 12.1 Å². The first-order valence-corrected chi connectivity index (χ1v) is 6.95. The van der Waals surface area contributed by atoms with Crippen molar-refractivity contribution in [3.63, 3.8) is 0 Å². The largest absolute Gasteiger partial charge is 0.493 e. The van der Waals surface area contributed by atoms with Gasteiger partial charge in [-0.1, -0.05) is 34.1 Å². The fourth-order valence-corrected chi connectivity index (χ4v) is 2.01. The van der Waals surface area contributed by atoms with E-state index in [1.165, 1.54) is 0 Å². The molecule has 0 spiro atoms. The van der Waals surface area contributed by atoms with E-state index in [0.717, 1.165) is 23.7 Å². The van der Waals surface area contributed by atoms with Crippen molar-refractivity contribution in [1.82, 2.24) is 0 Å². The molecule has 0 saturated heterocycles. The van der Waals surface area contributed by atoms with Crippen molar-refractivity contribution in [2.45, 2.75) is 25.9 Å². The molecule has 100 valence electrons. The van der Waals surface area contributed by atoms with Gasteiger partial charge >= 0.3 is 5.97 Å². The van der Waals surface area contributed by atoms with Gasteiger partial charge in [-0.3, -0.25) is 0 Å².